The molecule has 0 N–H and O–H groups in total. The van der Waals surface area contributed by atoms with Crippen molar-refractivity contribution in [2.75, 3.05) is 7.11 Å². The van der Waals surface area contributed by atoms with Crippen molar-refractivity contribution in [1.29, 1.82) is 5.26 Å². The van der Waals surface area contributed by atoms with Gasteiger partial charge in [-0.2, -0.15) is 5.26 Å². The molecule has 24 heavy (non-hydrogen) atoms. The highest BCUT2D eigenvalue weighted by Gasteiger charge is 2.11. The van der Waals surface area contributed by atoms with Crippen LogP contribution >= 0.6 is 11.6 Å². The number of halogens is 1. The third kappa shape index (κ3) is 3.50. The maximum Gasteiger partial charge on any atom is 0.169 e. The lowest BCUT2D eigenvalue weighted by molar-refractivity contribution is 0.378. The summed E-state index contributed by atoms with van der Waals surface area (Å²) in [4.78, 5) is 4.02. The molecular weight excluding hydrogens is 326 g/mol. The van der Waals surface area contributed by atoms with Gasteiger partial charge in [-0.25, -0.2) is 4.98 Å². The molecule has 1 heterocycles. The number of nitrogens with zero attached hydrogens (tertiary/aromatic N) is 3. The van der Waals surface area contributed by atoms with Gasteiger partial charge in [0.2, 0.25) is 0 Å². The highest BCUT2D eigenvalue weighted by atomic mass is 35.5. The van der Waals surface area contributed by atoms with E-state index in [-0.39, 0.29) is 0 Å². The van der Waals surface area contributed by atoms with E-state index < -0.39 is 0 Å². The number of methoxy groups -OCH3 is 1. The summed E-state index contributed by atoms with van der Waals surface area (Å²) < 4.78 is 13.1. The maximum atomic E-state index is 9.32. The lowest BCUT2D eigenvalue weighted by atomic mass is 10.1. The molecule has 1 aromatic heterocycles. The summed E-state index contributed by atoms with van der Waals surface area (Å²) in [6.07, 6.45) is 5.33. The van der Waals surface area contributed by atoms with Crippen LogP contribution in [0.2, 0.25) is 5.02 Å². The average Bonchev–Trinajstić information content (AvgIpc) is 3.09. The Bertz CT molecular complexity index is 886. The normalized spacial score (nSPS) is 10.2. The second-order valence-electron chi connectivity index (χ2n) is 5.07. The lowest BCUT2D eigenvalue weighted by Crippen LogP contribution is -1.98. The topological polar surface area (TPSA) is 60.1 Å². The summed E-state index contributed by atoms with van der Waals surface area (Å²) >= 11 is 5.97. The smallest absolute Gasteiger partial charge is 0.169 e. The minimum atomic E-state index is 0.446. The van der Waals surface area contributed by atoms with Gasteiger partial charge in [-0.05, 0) is 29.8 Å². The molecule has 2 aromatic carbocycles. The van der Waals surface area contributed by atoms with Crippen molar-refractivity contribution in [3.63, 3.8) is 0 Å². The van der Waals surface area contributed by atoms with Crippen LogP contribution in [0.15, 0.2) is 55.1 Å². The van der Waals surface area contributed by atoms with Crippen LogP contribution in [-0.2, 0) is 6.54 Å². The molecule has 0 bridgehead atoms. The molecule has 0 spiro atoms. The van der Waals surface area contributed by atoms with Crippen LogP contribution in [0.1, 0.15) is 11.1 Å². The van der Waals surface area contributed by atoms with Gasteiger partial charge < -0.3 is 14.0 Å². The molecule has 0 aliphatic heterocycles. The Morgan fingerprint density at radius 2 is 2.04 bits per heavy atom. The van der Waals surface area contributed by atoms with Crippen LogP contribution in [0.25, 0.3) is 0 Å². The van der Waals surface area contributed by atoms with Gasteiger partial charge in [-0.1, -0.05) is 17.7 Å². The van der Waals surface area contributed by atoms with Gasteiger partial charge in [0.05, 0.1) is 19.0 Å². The Morgan fingerprint density at radius 1 is 1.17 bits per heavy atom. The Morgan fingerprint density at radius 3 is 2.75 bits per heavy atom. The van der Waals surface area contributed by atoms with Gasteiger partial charge in [0.25, 0.3) is 0 Å². The highest BCUT2D eigenvalue weighted by molar-refractivity contribution is 6.30. The number of rotatable bonds is 5. The quantitative estimate of drug-likeness (QED) is 0.697. The second kappa shape index (κ2) is 7.07. The predicted molar refractivity (Wildman–Crippen MR) is 90.6 cm³/mol. The van der Waals surface area contributed by atoms with E-state index >= 15 is 0 Å². The molecule has 6 heteroatoms. The summed E-state index contributed by atoms with van der Waals surface area (Å²) in [6.45, 7) is 0.639. The number of aromatic nitrogens is 2. The van der Waals surface area contributed by atoms with Crippen molar-refractivity contribution in [2.45, 2.75) is 6.54 Å². The molecule has 0 fully saturated rings. The summed E-state index contributed by atoms with van der Waals surface area (Å²) in [5, 5.41) is 9.87. The Balaban J connectivity index is 1.93. The first-order valence-electron chi connectivity index (χ1n) is 7.20. The first kappa shape index (κ1) is 15.9. The molecule has 0 saturated heterocycles. The van der Waals surface area contributed by atoms with Crippen LogP contribution in [0.4, 0.5) is 0 Å². The fourth-order valence-electron chi connectivity index (χ4n) is 2.28. The summed E-state index contributed by atoms with van der Waals surface area (Å²) in [5.41, 5.74) is 1.44. The SMILES string of the molecule is COc1cc(Cl)ccc1Oc1cc(Cn2ccnc2)ccc1C#N. The van der Waals surface area contributed by atoms with Crippen LogP contribution < -0.4 is 9.47 Å². The summed E-state index contributed by atoms with van der Waals surface area (Å²) in [5.74, 6) is 1.47. The highest BCUT2D eigenvalue weighted by Crippen LogP contribution is 2.35. The van der Waals surface area contributed by atoms with E-state index in [4.69, 9.17) is 21.1 Å². The second-order valence-corrected chi connectivity index (χ2v) is 5.51. The third-order valence-electron chi connectivity index (χ3n) is 3.44. The number of ether oxygens (including phenoxy) is 2. The van der Waals surface area contributed by atoms with Crippen molar-refractivity contribution >= 4 is 11.6 Å². The molecule has 5 nitrogen and oxygen atoms in total. The van der Waals surface area contributed by atoms with Gasteiger partial charge in [0.1, 0.15) is 11.8 Å². The van der Waals surface area contributed by atoms with E-state index in [9.17, 15) is 5.26 Å². The van der Waals surface area contributed by atoms with Crippen molar-refractivity contribution in [2.24, 2.45) is 0 Å². The van der Waals surface area contributed by atoms with Gasteiger partial charge in [-0.3, -0.25) is 0 Å². The third-order valence-corrected chi connectivity index (χ3v) is 3.67. The van der Waals surface area contributed by atoms with Gasteiger partial charge in [-0.15, -0.1) is 0 Å². The standard InChI is InChI=1S/C18H14ClN3O2/c1-23-18-9-15(19)4-5-16(18)24-17-8-13(2-3-14(17)10-20)11-22-7-6-21-12-22/h2-9,12H,11H2,1H3. The van der Waals surface area contributed by atoms with E-state index in [1.807, 2.05) is 22.9 Å². The molecule has 0 unspecified atom stereocenters. The van der Waals surface area contributed by atoms with Gasteiger partial charge in [0.15, 0.2) is 11.5 Å². The van der Waals surface area contributed by atoms with E-state index in [1.165, 1.54) is 0 Å². The molecule has 0 amide bonds. The zero-order valence-electron chi connectivity index (χ0n) is 12.9. The zero-order chi connectivity index (χ0) is 16.9. The Hall–Kier alpha value is -2.97. The molecule has 3 aromatic rings. The van der Waals surface area contributed by atoms with Crippen molar-refractivity contribution in [3.8, 4) is 23.3 Å². The molecule has 0 saturated carbocycles. The first-order chi connectivity index (χ1) is 11.7. The molecule has 120 valence electrons. The summed E-state index contributed by atoms with van der Waals surface area (Å²) in [7, 11) is 1.54. The summed E-state index contributed by atoms with van der Waals surface area (Å²) in [6, 6.07) is 12.7. The fourth-order valence-corrected chi connectivity index (χ4v) is 2.44. The van der Waals surface area contributed by atoms with Gasteiger partial charge in [0, 0.05) is 30.0 Å². The maximum absolute atomic E-state index is 9.32. The van der Waals surface area contributed by atoms with Crippen molar-refractivity contribution in [3.05, 3.63) is 71.3 Å². The van der Waals surface area contributed by atoms with Crippen LogP contribution in [0, 0.1) is 11.3 Å². The minimum absolute atomic E-state index is 0.446. The lowest BCUT2D eigenvalue weighted by Gasteiger charge is -2.13. The van der Waals surface area contributed by atoms with E-state index in [0.29, 0.717) is 34.4 Å². The fraction of sp³-hybridized carbons (Fsp3) is 0.111. The number of nitriles is 1. The van der Waals surface area contributed by atoms with Crippen LogP contribution in [-0.4, -0.2) is 16.7 Å². The van der Waals surface area contributed by atoms with Crippen molar-refractivity contribution < 1.29 is 9.47 Å². The van der Waals surface area contributed by atoms with Crippen LogP contribution in [0.3, 0.4) is 0 Å². The minimum Gasteiger partial charge on any atom is -0.493 e. The monoisotopic (exact) mass is 339 g/mol. The number of imidazole rings is 1. The van der Waals surface area contributed by atoms with Crippen molar-refractivity contribution in [1.82, 2.24) is 9.55 Å². The molecular formula is C18H14ClN3O2. The van der Waals surface area contributed by atoms with Gasteiger partial charge >= 0.3 is 0 Å². The number of hydrogen-bond acceptors (Lipinski definition) is 4. The molecule has 3 rings (SSSR count). The molecule has 0 atom stereocenters. The number of benzene rings is 2. The number of hydrogen-bond donors (Lipinski definition) is 0. The zero-order valence-corrected chi connectivity index (χ0v) is 13.7. The van der Waals surface area contributed by atoms with Crippen LogP contribution in [0.5, 0.6) is 17.2 Å². The molecule has 0 radical (unpaired) electrons. The Kier molecular flexibility index (Phi) is 4.69. The first-order valence-corrected chi connectivity index (χ1v) is 7.57. The average molecular weight is 340 g/mol. The Labute approximate surface area is 144 Å². The largest absolute Gasteiger partial charge is 0.493 e. The van der Waals surface area contributed by atoms with E-state index in [2.05, 4.69) is 11.1 Å². The molecule has 0 aliphatic carbocycles. The van der Waals surface area contributed by atoms with E-state index in [1.54, 1.807) is 43.9 Å². The molecule has 0 aliphatic rings. The van der Waals surface area contributed by atoms with E-state index in [0.717, 1.165) is 5.56 Å². The predicted octanol–water partition coefficient (Wildman–Crippen LogP) is 4.26.